The summed E-state index contributed by atoms with van der Waals surface area (Å²) in [6.45, 7) is 2.43. The van der Waals surface area contributed by atoms with Crippen LogP contribution in [0, 0.1) is 0 Å². The van der Waals surface area contributed by atoms with Crippen molar-refractivity contribution >= 4 is 6.09 Å². The van der Waals surface area contributed by atoms with Crippen molar-refractivity contribution in [2.24, 2.45) is 0 Å². The van der Waals surface area contributed by atoms with E-state index < -0.39 is 12.2 Å². The average molecular weight is 552 g/mol. The van der Waals surface area contributed by atoms with Crippen molar-refractivity contribution in [2.45, 2.75) is 38.5 Å². The fraction of sp³-hybridized carbons (Fsp3) is 0.387. The van der Waals surface area contributed by atoms with Crippen LogP contribution in [0.25, 0.3) is 0 Å². The van der Waals surface area contributed by atoms with E-state index in [2.05, 4.69) is 0 Å². The molecule has 1 amide bonds. The number of carbonyl (C=O) groups excluding carboxylic acids is 1. The maximum absolute atomic E-state index is 13.1. The Morgan fingerprint density at radius 1 is 0.850 bits per heavy atom. The quantitative estimate of drug-likeness (QED) is 0.335. The minimum Gasteiger partial charge on any atom is -0.493 e. The van der Waals surface area contributed by atoms with Gasteiger partial charge in [-0.15, -0.1) is 0 Å². The van der Waals surface area contributed by atoms with Gasteiger partial charge in [0.05, 0.1) is 53.7 Å². The molecule has 9 heteroatoms. The fourth-order valence-electron chi connectivity index (χ4n) is 5.06. The summed E-state index contributed by atoms with van der Waals surface area (Å²) >= 11 is 0. The van der Waals surface area contributed by atoms with Crippen molar-refractivity contribution in [3.63, 3.8) is 0 Å². The molecule has 9 nitrogen and oxygen atoms in total. The second-order valence-electron chi connectivity index (χ2n) is 9.36. The van der Waals surface area contributed by atoms with Gasteiger partial charge < -0.3 is 33.5 Å². The van der Waals surface area contributed by atoms with Gasteiger partial charge in [0, 0.05) is 0 Å². The zero-order chi connectivity index (χ0) is 28.6. The Balaban J connectivity index is 1.70. The molecule has 40 heavy (non-hydrogen) atoms. The van der Waals surface area contributed by atoms with Crippen LogP contribution in [0.2, 0.25) is 0 Å². The molecule has 3 aromatic carbocycles. The van der Waals surface area contributed by atoms with Crippen molar-refractivity contribution in [1.82, 2.24) is 4.90 Å². The number of benzene rings is 3. The Labute approximate surface area is 235 Å². The minimum atomic E-state index is -0.908. The lowest BCUT2D eigenvalue weighted by molar-refractivity contribution is 0.0426. The highest BCUT2D eigenvalue weighted by Crippen LogP contribution is 2.44. The van der Waals surface area contributed by atoms with Gasteiger partial charge in [-0.3, -0.25) is 4.90 Å². The van der Waals surface area contributed by atoms with Gasteiger partial charge in [0.1, 0.15) is 6.61 Å². The van der Waals surface area contributed by atoms with E-state index in [1.807, 2.05) is 48.5 Å². The maximum atomic E-state index is 13.1. The molecule has 0 fully saturated rings. The monoisotopic (exact) mass is 551 g/mol. The Bertz CT molecular complexity index is 1270. The molecule has 1 aliphatic rings. The van der Waals surface area contributed by atoms with Crippen LogP contribution in [-0.4, -0.2) is 57.7 Å². The summed E-state index contributed by atoms with van der Waals surface area (Å²) in [5.74, 6) is 2.67. The molecule has 1 N–H and O–H groups in total. The highest BCUT2D eigenvalue weighted by molar-refractivity contribution is 5.69. The molecule has 214 valence electrons. The Morgan fingerprint density at radius 3 is 2.10 bits per heavy atom. The van der Waals surface area contributed by atoms with Gasteiger partial charge in [0.15, 0.2) is 23.0 Å². The molecule has 0 aromatic heterocycles. The number of carbonyl (C=O) groups is 1. The summed E-state index contributed by atoms with van der Waals surface area (Å²) in [7, 11) is 6.28. The number of aryl methyl sites for hydroxylation is 1. The van der Waals surface area contributed by atoms with Crippen LogP contribution in [0.4, 0.5) is 4.79 Å². The van der Waals surface area contributed by atoms with Crippen LogP contribution >= 0.6 is 0 Å². The lowest BCUT2D eigenvalue weighted by Gasteiger charge is -2.39. The predicted octanol–water partition coefficient (Wildman–Crippen LogP) is 5.48. The molecule has 0 spiro atoms. The average Bonchev–Trinajstić information content (AvgIpc) is 2.98. The van der Waals surface area contributed by atoms with Crippen molar-refractivity contribution in [3.05, 3.63) is 76.9 Å². The summed E-state index contributed by atoms with van der Waals surface area (Å²) in [6, 6.07) is 16.9. The zero-order valence-corrected chi connectivity index (χ0v) is 23.6. The standard InChI is InChI=1S/C31H37NO8/c1-6-39-31(34)32-18-25(33)23-17-26(35-2)27(40-19-20-10-8-7-9-11-20)16-22(23)24(32)13-12-21-14-28(36-3)30(38-5)29(15-21)37-4/h7-11,14-17,24-25,33H,6,12-13,18-19H2,1-5H3/t24-,25-/m1/s1. The van der Waals surface area contributed by atoms with Crippen molar-refractivity contribution < 1.29 is 38.3 Å². The second kappa shape index (κ2) is 13.3. The van der Waals surface area contributed by atoms with Gasteiger partial charge in [0.2, 0.25) is 5.75 Å². The van der Waals surface area contributed by atoms with E-state index in [4.69, 9.17) is 28.4 Å². The maximum Gasteiger partial charge on any atom is 0.410 e. The molecule has 0 bridgehead atoms. The lowest BCUT2D eigenvalue weighted by atomic mass is 9.87. The van der Waals surface area contributed by atoms with Gasteiger partial charge in [-0.1, -0.05) is 30.3 Å². The molecule has 0 saturated heterocycles. The molecule has 0 unspecified atom stereocenters. The van der Waals surface area contributed by atoms with E-state index in [9.17, 15) is 9.90 Å². The number of hydrogen-bond donors (Lipinski definition) is 1. The SMILES string of the molecule is CCOC(=O)N1C[C@@H](O)c2cc(OC)c(OCc3ccccc3)cc2[C@H]1CCc1cc(OC)c(OC)c(OC)c1. The molecule has 3 aromatic rings. The minimum absolute atomic E-state index is 0.0964. The van der Waals surface area contributed by atoms with Gasteiger partial charge in [-0.25, -0.2) is 4.79 Å². The normalized spacial score (nSPS) is 16.1. The second-order valence-corrected chi connectivity index (χ2v) is 9.36. The first-order valence-corrected chi connectivity index (χ1v) is 13.2. The lowest BCUT2D eigenvalue weighted by Crippen LogP contribution is -2.42. The topological polar surface area (TPSA) is 95.9 Å². The van der Waals surface area contributed by atoms with Crippen molar-refractivity contribution in [1.29, 1.82) is 0 Å². The third-order valence-electron chi connectivity index (χ3n) is 7.00. The number of methoxy groups -OCH3 is 4. The number of nitrogens with zero attached hydrogens (tertiary/aromatic N) is 1. The van der Waals surface area contributed by atoms with Crippen LogP contribution in [0.1, 0.15) is 47.7 Å². The summed E-state index contributed by atoms with van der Waals surface area (Å²) in [5.41, 5.74) is 3.43. The molecule has 1 heterocycles. The fourth-order valence-corrected chi connectivity index (χ4v) is 5.06. The smallest absolute Gasteiger partial charge is 0.410 e. The molecule has 0 aliphatic carbocycles. The third-order valence-corrected chi connectivity index (χ3v) is 7.00. The van der Waals surface area contributed by atoms with E-state index >= 15 is 0 Å². The first kappa shape index (κ1) is 28.9. The first-order valence-electron chi connectivity index (χ1n) is 13.2. The zero-order valence-electron chi connectivity index (χ0n) is 23.6. The Kier molecular flexibility index (Phi) is 9.60. The molecule has 0 radical (unpaired) electrons. The summed E-state index contributed by atoms with van der Waals surface area (Å²) in [4.78, 5) is 14.6. The van der Waals surface area contributed by atoms with Crippen LogP contribution in [0.3, 0.4) is 0 Å². The van der Waals surface area contributed by atoms with E-state index in [0.717, 1.165) is 16.7 Å². The van der Waals surface area contributed by atoms with Crippen LogP contribution in [0.15, 0.2) is 54.6 Å². The van der Waals surface area contributed by atoms with E-state index in [0.29, 0.717) is 53.8 Å². The molecular formula is C31H37NO8. The molecular weight excluding hydrogens is 514 g/mol. The number of aliphatic hydroxyl groups excluding tert-OH is 1. The van der Waals surface area contributed by atoms with Gasteiger partial charge in [-0.2, -0.15) is 0 Å². The highest BCUT2D eigenvalue weighted by atomic mass is 16.6. The predicted molar refractivity (Wildman–Crippen MR) is 150 cm³/mol. The number of ether oxygens (including phenoxy) is 6. The van der Waals surface area contributed by atoms with Crippen LogP contribution < -0.4 is 23.7 Å². The molecule has 2 atom stereocenters. The van der Waals surface area contributed by atoms with Gasteiger partial charge in [0.25, 0.3) is 0 Å². The van der Waals surface area contributed by atoms with Crippen LogP contribution in [-0.2, 0) is 17.8 Å². The molecule has 0 saturated carbocycles. The van der Waals surface area contributed by atoms with Gasteiger partial charge >= 0.3 is 6.09 Å². The first-order chi connectivity index (χ1) is 19.4. The van der Waals surface area contributed by atoms with E-state index in [-0.39, 0.29) is 19.2 Å². The number of aliphatic hydroxyl groups is 1. The summed E-state index contributed by atoms with van der Waals surface area (Å²) in [6.07, 6.45) is -0.265. The summed E-state index contributed by atoms with van der Waals surface area (Å²) < 4.78 is 33.7. The largest absolute Gasteiger partial charge is 0.493 e. The Hall–Kier alpha value is -4.11. The molecule has 4 rings (SSSR count). The Morgan fingerprint density at radius 2 is 1.50 bits per heavy atom. The third kappa shape index (κ3) is 6.20. The highest BCUT2D eigenvalue weighted by Gasteiger charge is 2.37. The number of rotatable bonds is 11. The summed E-state index contributed by atoms with van der Waals surface area (Å²) in [5, 5.41) is 11.1. The van der Waals surface area contributed by atoms with E-state index in [1.54, 1.807) is 46.3 Å². The number of hydrogen-bond acceptors (Lipinski definition) is 8. The molecule has 1 aliphatic heterocycles. The van der Waals surface area contributed by atoms with Gasteiger partial charge in [-0.05, 0) is 66.3 Å². The van der Waals surface area contributed by atoms with E-state index in [1.165, 1.54) is 0 Å². The number of fused-ring (bicyclic) bond motifs is 1. The number of β-amino-alcohol motifs (C(OH)–C–C–N with tert-alkyl or cyclic N) is 1. The van der Waals surface area contributed by atoms with Crippen LogP contribution in [0.5, 0.6) is 28.7 Å². The van der Waals surface area contributed by atoms with Crippen molar-refractivity contribution in [2.75, 3.05) is 41.6 Å². The van der Waals surface area contributed by atoms with Crippen molar-refractivity contribution in [3.8, 4) is 28.7 Å². The number of amides is 1.